The van der Waals surface area contributed by atoms with Crippen molar-refractivity contribution in [1.82, 2.24) is 29.9 Å². The van der Waals surface area contributed by atoms with E-state index in [-0.39, 0.29) is 103 Å². The Morgan fingerprint density at radius 3 is 0.787 bits per heavy atom. The van der Waals surface area contributed by atoms with Gasteiger partial charge in [-0.05, 0) is 133 Å². The van der Waals surface area contributed by atoms with Crippen LogP contribution in [0, 0.1) is 95.7 Å². The second-order valence-corrected chi connectivity index (χ2v) is 20.1. The fourth-order valence-corrected chi connectivity index (χ4v) is 5.56. The van der Waals surface area contributed by atoms with Gasteiger partial charge in [-0.25, -0.2) is 0 Å². The Kier molecular flexibility index (Phi) is 37.4. The first-order valence-electron chi connectivity index (χ1n) is 21.2. The van der Waals surface area contributed by atoms with Gasteiger partial charge < -0.3 is 88.5 Å². The van der Waals surface area contributed by atoms with Gasteiger partial charge in [0.1, 0.15) is 36.4 Å². The molecule has 12 nitrogen and oxygen atoms in total. The smallest absolute Gasteiger partial charge is 0.805 e. The Balaban J connectivity index is -0.000000855. The van der Waals surface area contributed by atoms with E-state index in [1.165, 1.54) is 33.4 Å². The number of aryl methyl sites for hydroxylation is 4. The normalized spacial score (nSPS) is 9.12. The molecule has 0 N–H and O–H groups in total. The fourth-order valence-electron chi connectivity index (χ4n) is 5.01. The van der Waals surface area contributed by atoms with Crippen LogP contribution in [0.25, 0.3) is 34.2 Å². The van der Waals surface area contributed by atoms with Crippen LogP contribution >= 0.6 is 0 Å². The molecule has 0 aromatic carbocycles. The molecule has 0 atom stereocenters. The molecule has 0 radical (unpaired) electrons. The molecule has 0 amide bonds. The zero-order valence-electron chi connectivity index (χ0n) is 42.2. The summed E-state index contributed by atoms with van der Waals surface area (Å²) < 4.78 is -0.181. The molecule has 0 aliphatic carbocycles. The largest absolute Gasteiger partial charge is 2.00 e. The molecule has 21 heteroatoms. The van der Waals surface area contributed by atoms with Crippen LogP contribution in [0.1, 0.15) is 74.9 Å². The maximum Gasteiger partial charge on any atom is 2.00 e. The SMILES string of the molecule is CC(C)(C)c1ccnc(-c2cc(C(C)(C)C)ccn2)c1.Cc1ccc(-c2ccc(C)cn2)nc1.Cc1ccnc(-c2cc(C)ccn2)c1.N#CC(C#N)=C([S-])[S-].N#CC(C#N)=C([S-])[S-].N#CC(C#N)=C([S-])[S-].[Pt+2].[Pt+2].[Pt+2]. The molecule has 6 rings (SSSR count). The Bertz CT molecular complexity index is 2820. The van der Waals surface area contributed by atoms with Gasteiger partial charge in [-0.1, -0.05) is 53.7 Å². The molecule has 0 saturated heterocycles. The van der Waals surface area contributed by atoms with Gasteiger partial charge >= 0.3 is 63.2 Å². The summed E-state index contributed by atoms with van der Waals surface area (Å²) in [4.78, 5) is 26.2. The van der Waals surface area contributed by atoms with Gasteiger partial charge in [-0.15, -0.1) is 0 Å². The van der Waals surface area contributed by atoms with Crippen molar-refractivity contribution in [3.05, 3.63) is 173 Å². The molecule has 0 aliphatic heterocycles. The topological polar surface area (TPSA) is 220 Å². The second-order valence-electron chi connectivity index (χ2n) is 16.9. The minimum Gasteiger partial charge on any atom is -0.805 e. The van der Waals surface area contributed by atoms with Crippen molar-refractivity contribution in [2.75, 3.05) is 0 Å². The summed E-state index contributed by atoms with van der Waals surface area (Å²) in [5.41, 5.74) is 12.7. The summed E-state index contributed by atoms with van der Waals surface area (Å²) in [5, 5.41) is 48.2. The van der Waals surface area contributed by atoms with Crippen molar-refractivity contribution >= 4 is 75.8 Å². The first-order valence-corrected chi connectivity index (χ1v) is 23.6. The van der Waals surface area contributed by atoms with Crippen LogP contribution in [-0.4, -0.2) is 29.9 Å². The molecule has 0 bridgehead atoms. The standard InChI is InChI=1S/C18H24N2.2C12H12N2.3C4H2N2S2.3Pt/c1-17(2,3)13-7-9-19-15(11-13)16-12-14(8-10-20-16)18(4,5)6;1-9-3-5-13-11(7-9)12-8-10(2)4-6-14-12;1-9-3-5-11(13-7-9)12-6-4-10(2)8-14-12;3*5-1-3(2-6)4(7)8;;;/h7-12H,1-6H3;2*3-8H,1-2H3;3*7-8H;;;/q;;;;;;3*+2/p-6. The summed E-state index contributed by atoms with van der Waals surface area (Å²) in [6, 6.07) is 34.0. The van der Waals surface area contributed by atoms with Gasteiger partial charge in [-0.3, -0.25) is 29.9 Å². The quantitative estimate of drug-likeness (QED) is 0.119. The summed E-state index contributed by atoms with van der Waals surface area (Å²) in [7, 11) is 0. The molecule has 6 aromatic rings. The van der Waals surface area contributed by atoms with Crippen LogP contribution in [0.15, 0.2) is 139 Å². The van der Waals surface area contributed by atoms with Gasteiger partial charge in [0.05, 0.1) is 50.9 Å². The van der Waals surface area contributed by atoms with Crippen LogP contribution < -0.4 is 0 Å². The Morgan fingerprint density at radius 1 is 0.347 bits per heavy atom. The van der Waals surface area contributed by atoms with E-state index in [1.54, 1.807) is 36.4 Å². The number of nitriles is 6. The third kappa shape index (κ3) is 28.8. The predicted octanol–water partition coefficient (Wildman–Crippen LogP) is 11.3. The van der Waals surface area contributed by atoms with E-state index in [9.17, 15) is 0 Å². The molecule has 390 valence electrons. The van der Waals surface area contributed by atoms with E-state index in [4.69, 9.17) is 31.6 Å². The maximum absolute atomic E-state index is 8.03. The van der Waals surface area contributed by atoms with E-state index in [0.717, 1.165) is 34.2 Å². The molecular formula is C54H48N12Pt3S6. The van der Waals surface area contributed by atoms with Crippen LogP contribution in [0.5, 0.6) is 0 Å². The first-order chi connectivity index (χ1) is 33.8. The van der Waals surface area contributed by atoms with Crippen LogP contribution in [0.4, 0.5) is 0 Å². The predicted molar refractivity (Wildman–Crippen MR) is 298 cm³/mol. The number of pyridine rings is 6. The average Bonchev–Trinajstić information content (AvgIpc) is 3.33. The Morgan fingerprint density at radius 2 is 0.600 bits per heavy atom. The van der Waals surface area contributed by atoms with E-state index in [2.05, 4.69) is 185 Å². The molecular weight excluding hydrogens is 1590 g/mol. The van der Waals surface area contributed by atoms with Crippen LogP contribution in [-0.2, 0) is 150 Å². The van der Waals surface area contributed by atoms with Gasteiger partial charge in [0.25, 0.3) is 0 Å². The van der Waals surface area contributed by atoms with Crippen molar-refractivity contribution in [1.29, 1.82) is 31.6 Å². The fraction of sp³-hybridized carbons (Fsp3) is 0.222. The first kappa shape index (κ1) is 73.7. The summed E-state index contributed by atoms with van der Waals surface area (Å²) in [5.74, 6) is 0. The molecule has 75 heavy (non-hydrogen) atoms. The molecule has 0 aliphatic rings. The van der Waals surface area contributed by atoms with Crippen LogP contribution in [0.3, 0.4) is 0 Å². The summed E-state index contributed by atoms with van der Waals surface area (Å²) in [6.07, 6.45) is 11.1. The van der Waals surface area contributed by atoms with Crippen LogP contribution in [0.2, 0.25) is 0 Å². The monoisotopic (exact) mass is 1640 g/mol. The van der Waals surface area contributed by atoms with Crippen molar-refractivity contribution in [3.8, 4) is 70.6 Å². The number of rotatable bonds is 3. The van der Waals surface area contributed by atoms with Gasteiger partial charge in [0, 0.05) is 37.2 Å². The van der Waals surface area contributed by atoms with Crippen molar-refractivity contribution in [3.63, 3.8) is 0 Å². The van der Waals surface area contributed by atoms with Crippen molar-refractivity contribution in [2.24, 2.45) is 0 Å². The number of hydrogen-bond donors (Lipinski definition) is 0. The maximum atomic E-state index is 8.03. The minimum atomic E-state index is -0.157. The number of aromatic nitrogens is 6. The second kappa shape index (κ2) is 38.1. The zero-order valence-corrected chi connectivity index (χ0v) is 53.9. The number of nitrogens with zero attached hydrogens (tertiary/aromatic N) is 12. The molecule has 6 aromatic heterocycles. The number of allylic oxidation sites excluding steroid dienone is 3. The molecule has 6 heterocycles. The summed E-state index contributed by atoms with van der Waals surface area (Å²) >= 11 is 26.1. The van der Waals surface area contributed by atoms with E-state index >= 15 is 0 Å². The van der Waals surface area contributed by atoms with E-state index in [0.29, 0.717) is 0 Å². The van der Waals surface area contributed by atoms with E-state index in [1.807, 2.05) is 99.6 Å². The Labute approximate surface area is 518 Å². The third-order valence-electron chi connectivity index (χ3n) is 8.98. The minimum absolute atomic E-state index is 0. The molecule has 0 unspecified atom stereocenters. The van der Waals surface area contributed by atoms with Gasteiger partial charge in [0.15, 0.2) is 0 Å². The Hall–Kier alpha value is -5.56. The van der Waals surface area contributed by atoms with Gasteiger partial charge in [0.2, 0.25) is 0 Å². The van der Waals surface area contributed by atoms with E-state index < -0.39 is 0 Å². The van der Waals surface area contributed by atoms with Crippen molar-refractivity contribution in [2.45, 2.75) is 80.1 Å². The zero-order chi connectivity index (χ0) is 54.6. The molecule has 0 saturated carbocycles. The van der Waals surface area contributed by atoms with Gasteiger partial charge in [-0.2, -0.15) is 31.6 Å². The molecule has 0 spiro atoms. The molecule has 0 fully saturated rings. The van der Waals surface area contributed by atoms with Crippen molar-refractivity contribution < 1.29 is 63.2 Å². The third-order valence-corrected chi connectivity index (χ3v) is 10.2. The summed E-state index contributed by atoms with van der Waals surface area (Å²) in [6.45, 7) is 21.4. The number of hydrogen-bond acceptors (Lipinski definition) is 18. The average molecular weight is 1640 g/mol.